The first-order valence-electron chi connectivity index (χ1n) is 7.65. The Morgan fingerprint density at radius 1 is 1.20 bits per heavy atom. The molecule has 132 valence electrons. The second-order valence-corrected chi connectivity index (χ2v) is 6.72. The van der Waals surface area contributed by atoms with E-state index in [0.717, 1.165) is 11.0 Å². The van der Waals surface area contributed by atoms with Crippen LogP contribution in [0.3, 0.4) is 0 Å². The summed E-state index contributed by atoms with van der Waals surface area (Å²) in [7, 11) is 0. The van der Waals surface area contributed by atoms with Crippen LogP contribution in [0.1, 0.15) is 29.2 Å². The van der Waals surface area contributed by atoms with E-state index in [2.05, 4.69) is 0 Å². The second-order valence-electron chi connectivity index (χ2n) is 5.67. The lowest BCUT2D eigenvalue weighted by atomic mass is 10.0. The highest BCUT2D eigenvalue weighted by Crippen LogP contribution is 2.42. The third-order valence-electron chi connectivity index (χ3n) is 3.99. The van der Waals surface area contributed by atoms with E-state index in [1.165, 1.54) is 17.8 Å². The van der Waals surface area contributed by atoms with Crippen molar-refractivity contribution in [1.29, 1.82) is 0 Å². The lowest BCUT2D eigenvalue weighted by Crippen LogP contribution is -2.09. The molecule has 1 aliphatic carbocycles. The summed E-state index contributed by atoms with van der Waals surface area (Å²) in [6.45, 7) is 0. The number of aliphatic carboxylic acids is 1. The minimum absolute atomic E-state index is 0.0313. The smallest absolute Gasteiger partial charge is 0.416 e. The predicted octanol–water partition coefficient (Wildman–Crippen LogP) is 4.95. The van der Waals surface area contributed by atoms with Crippen LogP contribution >= 0.6 is 11.8 Å². The van der Waals surface area contributed by atoms with Gasteiger partial charge in [0, 0.05) is 4.90 Å². The summed E-state index contributed by atoms with van der Waals surface area (Å²) in [4.78, 5) is 11.4. The van der Waals surface area contributed by atoms with Crippen molar-refractivity contribution in [3.63, 3.8) is 0 Å². The van der Waals surface area contributed by atoms with Crippen molar-refractivity contribution in [2.75, 3.05) is 5.75 Å². The van der Waals surface area contributed by atoms with Crippen molar-refractivity contribution in [3.05, 3.63) is 59.2 Å². The van der Waals surface area contributed by atoms with Crippen molar-refractivity contribution in [2.45, 2.75) is 30.0 Å². The van der Waals surface area contributed by atoms with Gasteiger partial charge in [-0.15, -0.1) is 11.8 Å². The van der Waals surface area contributed by atoms with Gasteiger partial charge in [0.05, 0.1) is 11.3 Å². The van der Waals surface area contributed by atoms with Gasteiger partial charge >= 0.3 is 12.1 Å². The van der Waals surface area contributed by atoms with Crippen LogP contribution in [0.2, 0.25) is 0 Å². The van der Waals surface area contributed by atoms with Crippen LogP contribution in [0.15, 0.2) is 47.4 Å². The molecule has 0 amide bonds. The summed E-state index contributed by atoms with van der Waals surface area (Å²) in [6.07, 6.45) is -3.93. The van der Waals surface area contributed by atoms with Gasteiger partial charge in [-0.05, 0) is 54.3 Å². The largest absolute Gasteiger partial charge is 0.486 e. The number of hydrogen-bond acceptors (Lipinski definition) is 3. The fourth-order valence-corrected chi connectivity index (χ4v) is 3.55. The molecule has 0 aromatic heterocycles. The number of benzene rings is 2. The molecule has 0 heterocycles. The quantitative estimate of drug-likeness (QED) is 0.759. The van der Waals surface area contributed by atoms with Gasteiger partial charge in [0.15, 0.2) is 0 Å². The first kappa shape index (κ1) is 17.7. The summed E-state index contributed by atoms with van der Waals surface area (Å²) >= 11 is 1.19. The Morgan fingerprint density at radius 3 is 2.56 bits per heavy atom. The molecule has 1 unspecified atom stereocenters. The van der Waals surface area contributed by atoms with Crippen LogP contribution in [0.4, 0.5) is 13.2 Å². The molecule has 3 nitrogen and oxygen atoms in total. The Kier molecular flexibility index (Phi) is 4.94. The first-order chi connectivity index (χ1) is 11.8. The molecule has 7 heteroatoms. The highest BCUT2D eigenvalue weighted by atomic mass is 32.2. The number of carboxylic acid groups (broad SMARTS) is 1. The van der Waals surface area contributed by atoms with E-state index in [1.807, 2.05) is 0 Å². The number of carbonyl (C=O) groups is 1. The Labute approximate surface area is 146 Å². The van der Waals surface area contributed by atoms with Crippen molar-refractivity contribution in [2.24, 2.45) is 0 Å². The zero-order valence-electron chi connectivity index (χ0n) is 13.0. The van der Waals surface area contributed by atoms with Gasteiger partial charge in [-0.1, -0.05) is 12.1 Å². The van der Waals surface area contributed by atoms with E-state index in [1.54, 1.807) is 30.3 Å². The van der Waals surface area contributed by atoms with E-state index in [9.17, 15) is 18.0 Å². The zero-order chi connectivity index (χ0) is 18.0. The highest BCUT2D eigenvalue weighted by molar-refractivity contribution is 8.00. The zero-order valence-corrected chi connectivity index (χ0v) is 13.9. The minimum Gasteiger partial charge on any atom is -0.486 e. The molecular formula is C18H15F3O3S. The molecule has 2 aromatic carbocycles. The monoisotopic (exact) mass is 368 g/mol. The molecule has 0 saturated heterocycles. The van der Waals surface area contributed by atoms with E-state index >= 15 is 0 Å². The third-order valence-corrected chi connectivity index (χ3v) is 4.98. The van der Waals surface area contributed by atoms with Gasteiger partial charge in [0.25, 0.3) is 0 Å². The average molecular weight is 368 g/mol. The number of thioether (sulfide) groups is 1. The van der Waals surface area contributed by atoms with Crippen molar-refractivity contribution in [1.82, 2.24) is 0 Å². The average Bonchev–Trinajstić information content (AvgIpc) is 2.96. The lowest BCUT2D eigenvalue weighted by Gasteiger charge is -2.16. The Hall–Kier alpha value is -2.15. The number of alkyl halides is 3. The molecule has 0 fully saturated rings. The van der Waals surface area contributed by atoms with Crippen LogP contribution in [0.5, 0.6) is 5.75 Å². The highest BCUT2D eigenvalue weighted by Gasteiger charge is 2.37. The second kappa shape index (κ2) is 7.00. The maximum Gasteiger partial charge on any atom is 0.416 e. The molecule has 0 spiro atoms. The molecule has 3 rings (SSSR count). The maximum atomic E-state index is 13.1. The number of carboxylic acids is 1. The number of hydrogen-bond donors (Lipinski definition) is 1. The fraction of sp³-hybridized carbons (Fsp3) is 0.278. The van der Waals surface area contributed by atoms with Crippen LogP contribution in [0.25, 0.3) is 0 Å². The number of rotatable bonds is 5. The van der Waals surface area contributed by atoms with Gasteiger partial charge in [0.2, 0.25) is 0 Å². The first-order valence-corrected chi connectivity index (χ1v) is 8.63. The Bertz CT molecular complexity index is 772. The van der Waals surface area contributed by atoms with Crippen molar-refractivity contribution < 1.29 is 27.8 Å². The summed E-state index contributed by atoms with van der Waals surface area (Å²) in [6, 6.07) is 11.1. The van der Waals surface area contributed by atoms with E-state index in [4.69, 9.17) is 9.84 Å². The van der Waals surface area contributed by atoms with Gasteiger partial charge in [-0.2, -0.15) is 13.2 Å². The fourth-order valence-electron chi connectivity index (χ4n) is 2.93. The Morgan fingerprint density at radius 2 is 1.92 bits per heavy atom. The van der Waals surface area contributed by atoms with E-state index < -0.39 is 23.8 Å². The summed E-state index contributed by atoms with van der Waals surface area (Å²) in [5.41, 5.74) is 0.310. The molecule has 0 radical (unpaired) electrons. The van der Waals surface area contributed by atoms with Crippen LogP contribution < -0.4 is 4.74 Å². The van der Waals surface area contributed by atoms with Gasteiger partial charge in [-0.3, -0.25) is 4.79 Å². The van der Waals surface area contributed by atoms with Crippen LogP contribution in [-0.2, 0) is 17.4 Å². The molecule has 1 aliphatic rings. The summed E-state index contributed by atoms with van der Waals surface area (Å²) in [5, 5.41) is 8.67. The number of ether oxygens (including phenoxy) is 1. The normalized spacial score (nSPS) is 16.5. The van der Waals surface area contributed by atoms with E-state index in [-0.39, 0.29) is 5.75 Å². The topological polar surface area (TPSA) is 46.5 Å². The molecule has 2 aromatic rings. The molecule has 0 bridgehead atoms. The van der Waals surface area contributed by atoms with Crippen LogP contribution in [-0.4, -0.2) is 16.8 Å². The predicted molar refractivity (Wildman–Crippen MR) is 87.9 cm³/mol. The maximum absolute atomic E-state index is 13.1. The van der Waals surface area contributed by atoms with Gasteiger partial charge in [-0.25, -0.2) is 0 Å². The van der Waals surface area contributed by atoms with Gasteiger partial charge in [0.1, 0.15) is 11.9 Å². The lowest BCUT2D eigenvalue weighted by molar-refractivity contribution is -0.138. The van der Waals surface area contributed by atoms with E-state index in [0.29, 0.717) is 29.7 Å². The number of halogens is 3. The van der Waals surface area contributed by atoms with Crippen LogP contribution in [0, 0.1) is 0 Å². The molecule has 0 saturated carbocycles. The van der Waals surface area contributed by atoms with Crippen molar-refractivity contribution >= 4 is 17.7 Å². The SMILES string of the molecule is O=C(O)CSc1ccc(OC2CCc3c2cccc3C(F)(F)F)cc1. The molecule has 1 N–H and O–H groups in total. The standard InChI is InChI=1S/C18H15F3O3S/c19-18(20,21)15-3-1-2-14-13(15)8-9-16(14)24-11-4-6-12(7-5-11)25-10-17(22)23/h1-7,16H,8-10H2,(H,22,23). The molecular weight excluding hydrogens is 353 g/mol. The Balaban J connectivity index is 1.73. The minimum atomic E-state index is -4.36. The van der Waals surface area contributed by atoms with Crippen molar-refractivity contribution in [3.8, 4) is 5.75 Å². The summed E-state index contributed by atoms with van der Waals surface area (Å²) < 4.78 is 45.1. The molecule has 0 aliphatic heterocycles. The third kappa shape index (κ3) is 4.10. The summed E-state index contributed by atoms with van der Waals surface area (Å²) in [5.74, 6) is -0.375. The molecule has 25 heavy (non-hydrogen) atoms. The molecule has 1 atom stereocenters. The number of fused-ring (bicyclic) bond motifs is 1. The van der Waals surface area contributed by atoms with Gasteiger partial charge < -0.3 is 9.84 Å².